The van der Waals surface area contributed by atoms with Gasteiger partial charge in [0.15, 0.2) is 0 Å². The average molecular weight is 490 g/mol. The van der Waals surface area contributed by atoms with Crippen LogP contribution in [0.25, 0.3) is 11.4 Å². The van der Waals surface area contributed by atoms with Gasteiger partial charge in [0.2, 0.25) is 11.1 Å². The molecular formula is C24H23N7O3S. The molecule has 35 heavy (non-hydrogen) atoms. The minimum Gasteiger partial charge on any atom is -0.497 e. The molecule has 0 spiro atoms. The summed E-state index contributed by atoms with van der Waals surface area (Å²) in [6.45, 7) is 3.79. The zero-order chi connectivity index (χ0) is 24.9. The van der Waals surface area contributed by atoms with Gasteiger partial charge in [0, 0.05) is 17.4 Å². The van der Waals surface area contributed by atoms with E-state index in [1.165, 1.54) is 4.68 Å². The van der Waals surface area contributed by atoms with Crippen LogP contribution in [0.2, 0.25) is 0 Å². The summed E-state index contributed by atoms with van der Waals surface area (Å²) < 4.78 is 14.1. The summed E-state index contributed by atoms with van der Waals surface area (Å²) in [5.74, 6) is 1.33. The summed E-state index contributed by atoms with van der Waals surface area (Å²) in [6, 6.07) is 17.1. The van der Waals surface area contributed by atoms with E-state index in [9.17, 15) is 10.1 Å². The molecule has 178 valence electrons. The van der Waals surface area contributed by atoms with Crippen LogP contribution < -0.4 is 14.8 Å². The maximum atomic E-state index is 13.0. The van der Waals surface area contributed by atoms with Crippen molar-refractivity contribution in [3.63, 3.8) is 0 Å². The predicted molar refractivity (Wildman–Crippen MR) is 132 cm³/mol. The number of methoxy groups -OCH3 is 2. The van der Waals surface area contributed by atoms with Crippen molar-refractivity contribution in [2.75, 3.05) is 25.3 Å². The third kappa shape index (κ3) is 4.69. The predicted octanol–water partition coefficient (Wildman–Crippen LogP) is 3.69. The molecule has 4 rings (SSSR count). The third-order valence-electron chi connectivity index (χ3n) is 5.49. The normalized spacial score (nSPS) is 10.6. The molecule has 0 saturated carbocycles. The van der Waals surface area contributed by atoms with E-state index in [1.54, 1.807) is 32.4 Å². The molecule has 0 aliphatic carbocycles. The molecule has 2 aromatic heterocycles. The summed E-state index contributed by atoms with van der Waals surface area (Å²) in [5.41, 5.74) is 3.55. The van der Waals surface area contributed by atoms with Gasteiger partial charge in [0.1, 0.15) is 29.1 Å². The highest BCUT2D eigenvalue weighted by Crippen LogP contribution is 2.31. The molecule has 10 nitrogen and oxygen atoms in total. The van der Waals surface area contributed by atoms with Crippen molar-refractivity contribution in [1.29, 1.82) is 5.26 Å². The van der Waals surface area contributed by atoms with E-state index >= 15 is 0 Å². The molecule has 1 N–H and O–H groups in total. The molecule has 1 amide bonds. The zero-order valence-corrected chi connectivity index (χ0v) is 20.5. The second-order valence-corrected chi connectivity index (χ2v) is 8.41. The first-order chi connectivity index (χ1) is 17.0. The number of para-hydroxylation sites is 1. The molecule has 0 radical (unpaired) electrons. The number of nitriles is 1. The van der Waals surface area contributed by atoms with Crippen LogP contribution in [-0.2, 0) is 4.79 Å². The number of tetrazole rings is 1. The monoisotopic (exact) mass is 489 g/mol. The van der Waals surface area contributed by atoms with Gasteiger partial charge in [0.05, 0.1) is 25.5 Å². The van der Waals surface area contributed by atoms with Crippen LogP contribution in [0, 0.1) is 25.2 Å². The summed E-state index contributed by atoms with van der Waals surface area (Å²) in [7, 11) is 3.12. The van der Waals surface area contributed by atoms with Gasteiger partial charge in [0.25, 0.3) is 0 Å². The van der Waals surface area contributed by atoms with Crippen molar-refractivity contribution >= 4 is 23.5 Å². The van der Waals surface area contributed by atoms with Gasteiger partial charge in [-0.3, -0.25) is 9.36 Å². The lowest BCUT2D eigenvalue weighted by atomic mass is 10.2. The van der Waals surface area contributed by atoms with Crippen LogP contribution in [0.1, 0.15) is 16.8 Å². The first-order valence-corrected chi connectivity index (χ1v) is 11.6. The number of thioether (sulfide) groups is 1. The van der Waals surface area contributed by atoms with E-state index < -0.39 is 0 Å². The fourth-order valence-corrected chi connectivity index (χ4v) is 4.33. The van der Waals surface area contributed by atoms with Gasteiger partial charge in [-0.1, -0.05) is 30.0 Å². The van der Waals surface area contributed by atoms with Crippen molar-refractivity contribution in [2.24, 2.45) is 0 Å². The molecule has 4 aromatic rings. The average Bonchev–Trinajstić information content (AvgIpc) is 3.44. The zero-order valence-electron chi connectivity index (χ0n) is 19.6. The minimum absolute atomic E-state index is 0.0234. The summed E-state index contributed by atoms with van der Waals surface area (Å²) in [4.78, 5) is 13.0. The van der Waals surface area contributed by atoms with Crippen LogP contribution in [0.4, 0.5) is 5.82 Å². The Morgan fingerprint density at radius 1 is 1.14 bits per heavy atom. The van der Waals surface area contributed by atoms with Crippen LogP contribution in [0.15, 0.2) is 53.7 Å². The van der Waals surface area contributed by atoms with E-state index in [-0.39, 0.29) is 11.7 Å². The highest BCUT2D eigenvalue weighted by molar-refractivity contribution is 7.99. The van der Waals surface area contributed by atoms with Crippen molar-refractivity contribution in [3.05, 3.63) is 65.4 Å². The number of hydrogen-bond donors (Lipinski definition) is 1. The van der Waals surface area contributed by atoms with Gasteiger partial charge >= 0.3 is 0 Å². The molecule has 0 fully saturated rings. The van der Waals surface area contributed by atoms with E-state index in [0.29, 0.717) is 33.7 Å². The fourth-order valence-electron chi connectivity index (χ4n) is 3.64. The molecule has 2 aromatic carbocycles. The number of amides is 1. The Morgan fingerprint density at radius 3 is 2.60 bits per heavy atom. The Labute approximate surface area is 206 Å². The molecule has 2 heterocycles. The Kier molecular flexibility index (Phi) is 7.03. The van der Waals surface area contributed by atoms with Crippen molar-refractivity contribution < 1.29 is 14.3 Å². The van der Waals surface area contributed by atoms with Gasteiger partial charge in [-0.15, -0.1) is 5.10 Å². The summed E-state index contributed by atoms with van der Waals surface area (Å²) in [5, 5.41) is 24.9. The SMILES string of the molecule is COc1ccc(OC)c(-n2nnnc2SCC(=O)Nc2c(C#N)c(C)c(C)n2-c2ccccc2)c1. The number of carbonyl (C=O) groups excluding carboxylic acids is 1. The standard InChI is InChI=1S/C24H23N7O3S/c1-15-16(2)30(17-8-6-5-7-9-17)23(19(15)13-25)26-22(32)14-35-24-27-28-29-31(24)20-12-18(33-3)10-11-21(20)34-4/h5-12H,14H2,1-4H3,(H,26,32). The van der Waals surface area contributed by atoms with Crippen molar-refractivity contribution in [2.45, 2.75) is 19.0 Å². The van der Waals surface area contributed by atoms with Gasteiger partial charge in [-0.25, -0.2) is 0 Å². The van der Waals surface area contributed by atoms with Crippen LogP contribution in [0.5, 0.6) is 11.5 Å². The van der Waals surface area contributed by atoms with Crippen LogP contribution in [-0.4, -0.2) is 50.7 Å². The number of ether oxygens (including phenoxy) is 2. The maximum Gasteiger partial charge on any atom is 0.236 e. The van der Waals surface area contributed by atoms with Crippen molar-refractivity contribution in [1.82, 2.24) is 24.8 Å². The molecule has 11 heteroatoms. The van der Waals surface area contributed by atoms with Gasteiger partial charge in [-0.2, -0.15) is 9.94 Å². The number of carbonyl (C=O) groups is 1. The van der Waals surface area contributed by atoms with Gasteiger partial charge < -0.3 is 14.8 Å². The van der Waals surface area contributed by atoms with Crippen LogP contribution >= 0.6 is 11.8 Å². The number of rotatable bonds is 8. The lowest BCUT2D eigenvalue weighted by Crippen LogP contribution is -2.18. The molecule has 0 aliphatic rings. The Hall–Kier alpha value is -4.30. The third-order valence-corrected chi connectivity index (χ3v) is 6.40. The molecular weight excluding hydrogens is 466 g/mol. The van der Waals surface area contributed by atoms with E-state index in [2.05, 4.69) is 26.9 Å². The Balaban J connectivity index is 1.58. The summed E-state index contributed by atoms with van der Waals surface area (Å²) >= 11 is 1.16. The second-order valence-electron chi connectivity index (χ2n) is 7.46. The molecule has 0 atom stereocenters. The largest absolute Gasteiger partial charge is 0.497 e. The number of anilines is 1. The number of aromatic nitrogens is 5. The first-order valence-electron chi connectivity index (χ1n) is 10.6. The lowest BCUT2D eigenvalue weighted by molar-refractivity contribution is -0.113. The molecule has 0 aliphatic heterocycles. The van der Waals surface area contributed by atoms with E-state index in [0.717, 1.165) is 28.7 Å². The van der Waals surface area contributed by atoms with Crippen LogP contribution in [0.3, 0.4) is 0 Å². The molecule has 0 saturated heterocycles. The molecule has 0 unspecified atom stereocenters. The number of benzene rings is 2. The minimum atomic E-state index is -0.298. The van der Waals surface area contributed by atoms with Gasteiger partial charge in [-0.05, 0) is 54.1 Å². The van der Waals surface area contributed by atoms with Crippen molar-refractivity contribution in [3.8, 4) is 28.9 Å². The Morgan fingerprint density at radius 2 is 1.91 bits per heavy atom. The quantitative estimate of drug-likeness (QED) is 0.372. The topological polar surface area (TPSA) is 120 Å². The number of hydrogen-bond acceptors (Lipinski definition) is 8. The highest BCUT2D eigenvalue weighted by atomic mass is 32.2. The first kappa shape index (κ1) is 23.8. The Bertz CT molecular complexity index is 1410. The lowest BCUT2D eigenvalue weighted by Gasteiger charge is -2.13. The maximum absolute atomic E-state index is 13.0. The smallest absolute Gasteiger partial charge is 0.236 e. The molecule has 0 bridgehead atoms. The van der Waals surface area contributed by atoms with E-state index in [1.807, 2.05) is 48.7 Å². The summed E-state index contributed by atoms with van der Waals surface area (Å²) in [6.07, 6.45) is 0. The number of nitrogens with zero attached hydrogens (tertiary/aromatic N) is 6. The highest BCUT2D eigenvalue weighted by Gasteiger charge is 2.22. The van der Waals surface area contributed by atoms with E-state index in [4.69, 9.17) is 9.47 Å². The fraction of sp³-hybridized carbons (Fsp3) is 0.208. The second kappa shape index (κ2) is 10.3. The number of nitrogens with one attached hydrogen (secondary N) is 1.